The summed E-state index contributed by atoms with van der Waals surface area (Å²) in [7, 11) is 3.44. The average Bonchev–Trinajstić information content (AvgIpc) is 2.92. The highest BCUT2D eigenvalue weighted by molar-refractivity contribution is 7.17. The van der Waals surface area contributed by atoms with E-state index in [0.717, 1.165) is 57.2 Å². The van der Waals surface area contributed by atoms with Gasteiger partial charge in [-0.1, -0.05) is 0 Å². The van der Waals surface area contributed by atoms with Crippen LogP contribution >= 0.6 is 11.3 Å². The van der Waals surface area contributed by atoms with Gasteiger partial charge in [-0.25, -0.2) is 4.79 Å². The number of hydrogen-bond acceptors (Lipinski definition) is 5. The predicted octanol–water partition coefficient (Wildman–Crippen LogP) is 2.69. The molecule has 1 saturated heterocycles. The van der Waals surface area contributed by atoms with Crippen LogP contribution in [0.1, 0.15) is 46.5 Å². The van der Waals surface area contributed by atoms with Gasteiger partial charge < -0.3 is 15.0 Å². The third-order valence-corrected chi connectivity index (χ3v) is 6.00. The van der Waals surface area contributed by atoms with Crippen molar-refractivity contribution in [3.63, 3.8) is 0 Å². The summed E-state index contributed by atoms with van der Waals surface area (Å²) in [6.45, 7) is 1.83. The number of likely N-dealkylation sites (tertiary alicyclic amines) is 1. The average molecular weight is 336 g/mol. The van der Waals surface area contributed by atoms with Crippen LogP contribution in [0, 0.1) is 5.92 Å². The molecule has 1 aromatic rings. The van der Waals surface area contributed by atoms with Crippen molar-refractivity contribution >= 4 is 28.2 Å². The van der Waals surface area contributed by atoms with E-state index >= 15 is 0 Å². The van der Waals surface area contributed by atoms with E-state index in [4.69, 9.17) is 4.74 Å². The van der Waals surface area contributed by atoms with Crippen LogP contribution in [0.2, 0.25) is 0 Å². The standard InChI is InChI=1S/C17H24N2O3S/c1-19-9-5-6-11(10-19)15(20)18-16-14(17(21)22-2)12-7-3-4-8-13(12)23-16/h11H,3-10H2,1-2H3,(H,18,20)/t11-/m0/s1. The van der Waals surface area contributed by atoms with Crippen molar-refractivity contribution in [3.8, 4) is 0 Å². The fourth-order valence-electron chi connectivity index (χ4n) is 3.57. The molecule has 5 nitrogen and oxygen atoms in total. The first-order valence-corrected chi connectivity index (χ1v) is 9.14. The number of fused-ring (bicyclic) bond motifs is 1. The molecule has 126 valence electrons. The van der Waals surface area contributed by atoms with Crippen LogP contribution in [0.15, 0.2) is 0 Å². The highest BCUT2D eigenvalue weighted by Gasteiger charge is 2.29. The van der Waals surface area contributed by atoms with Crippen LogP contribution < -0.4 is 5.32 Å². The molecular formula is C17H24N2O3S. The number of hydrogen-bond donors (Lipinski definition) is 1. The minimum Gasteiger partial charge on any atom is -0.465 e. The van der Waals surface area contributed by atoms with Crippen molar-refractivity contribution in [2.75, 3.05) is 32.6 Å². The van der Waals surface area contributed by atoms with E-state index in [2.05, 4.69) is 10.2 Å². The number of rotatable bonds is 3. The van der Waals surface area contributed by atoms with Gasteiger partial charge in [0.2, 0.25) is 5.91 Å². The molecule has 0 bridgehead atoms. The summed E-state index contributed by atoms with van der Waals surface area (Å²) >= 11 is 1.55. The molecule has 1 N–H and O–H groups in total. The predicted molar refractivity (Wildman–Crippen MR) is 91.2 cm³/mol. The van der Waals surface area contributed by atoms with Gasteiger partial charge in [0, 0.05) is 11.4 Å². The third kappa shape index (κ3) is 3.43. The van der Waals surface area contributed by atoms with Gasteiger partial charge in [0.05, 0.1) is 18.6 Å². The number of carbonyl (C=O) groups is 2. The minimum atomic E-state index is -0.333. The fraction of sp³-hybridized carbons (Fsp3) is 0.647. The Labute approximate surface area is 141 Å². The number of nitrogens with one attached hydrogen (secondary N) is 1. The number of amides is 1. The molecule has 1 aromatic heterocycles. The van der Waals surface area contributed by atoms with Gasteiger partial charge in [0.1, 0.15) is 5.00 Å². The summed E-state index contributed by atoms with van der Waals surface area (Å²) in [4.78, 5) is 28.2. The molecule has 0 saturated carbocycles. The zero-order valence-corrected chi connectivity index (χ0v) is 14.6. The van der Waals surface area contributed by atoms with E-state index in [1.165, 1.54) is 12.0 Å². The molecule has 1 aliphatic carbocycles. The number of piperidine rings is 1. The number of ether oxygens (including phenoxy) is 1. The summed E-state index contributed by atoms with van der Waals surface area (Å²) in [5.41, 5.74) is 1.67. The van der Waals surface area contributed by atoms with Crippen LogP contribution in [0.3, 0.4) is 0 Å². The molecule has 3 rings (SSSR count). The second-order valence-electron chi connectivity index (χ2n) is 6.50. The van der Waals surface area contributed by atoms with Crippen LogP contribution in [0.25, 0.3) is 0 Å². The van der Waals surface area contributed by atoms with Crippen LogP contribution in [-0.4, -0.2) is 44.0 Å². The lowest BCUT2D eigenvalue weighted by molar-refractivity contribution is -0.121. The molecule has 0 spiro atoms. The van der Waals surface area contributed by atoms with E-state index in [9.17, 15) is 9.59 Å². The number of thiophene rings is 1. The Hall–Kier alpha value is -1.40. The number of carbonyl (C=O) groups excluding carboxylic acids is 2. The van der Waals surface area contributed by atoms with Crippen molar-refractivity contribution in [3.05, 3.63) is 16.0 Å². The number of anilines is 1. The van der Waals surface area contributed by atoms with E-state index in [1.807, 2.05) is 7.05 Å². The second kappa shape index (κ2) is 7.01. The Morgan fingerprint density at radius 2 is 2.04 bits per heavy atom. The van der Waals surface area contributed by atoms with Gasteiger partial charge >= 0.3 is 5.97 Å². The largest absolute Gasteiger partial charge is 0.465 e. The summed E-state index contributed by atoms with van der Waals surface area (Å²) in [5, 5.41) is 3.71. The SMILES string of the molecule is COC(=O)c1c(NC(=O)[C@H]2CCCN(C)C2)sc2c1CCCC2. The number of aryl methyl sites for hydroxylation is 1. The van der Waals surface area contributed by atoms with Crippen molar-refractivity contribution in [2.45, 2.75) is 38.5 Å². The molecule has 0 aromatic carbocycles. The minimum absolute atomic E-state index is 0.00150. The van der Waals surface area contributed by atoms with E-state index in [0.29, 0.717) is 10.6 Å². The molecule has 2 aliphatic rings. The molecule has 1 atom stereocenters. The third-order valence-electron chi connectivity index (χ3n) is 4.79. The summed E-state index contributed by atoms with van der Waals surface area (Å²) in [5.74, 6) is -0.306. The Morgan fingerprint density at radius 1 is 1.26 bits per heavy atom. The lowest BCUT2D eigenvalue weighted by atomic mass is 9.95. The molecule has 6 heteroatoms. The van der Waals surface area contributed by atoms with Gasteiger partial charge in [0.15, 0.2) is 0 Å². The van der Waals surface area contributed by atoms with Crippen molar-refractivity contribution in [1.29, 1.82) is 0 Å². The van der Waals surface area contributed by atoms with Gasteiger partial charge in [-0.3, -0.25) is 4.79 Å². The quantitative estimate of drug-likeness (QED) is 0.862. The maximum atomic E-state index is 12.6. The fourth-order valence-corrected chi connectivity index (χ4v) is 4.85. The summed E-state index contributed by atoms with van der Waals surface area (Å²) in [6.07, 6.45) is 6.09. The molecule has 1 aliphatic heterocycles. The highest BCUT2D eigenvalue weighted by atomic mass is 32.1. The first-order valence-electron chi connectivity index (χ1n) is 8.32. The zero-order valence-electron chi connectivity index (χ0n) is 13.8. The summed E-state index contributed by atoms with van der Waals surface area (Å²) in [6, 6.07) is 0. The molecule has 0 unspecified atom stereocenters. The first kappa shape index (κ1) is 16.5. The van der Waals surface area contributed by atoms with E-state index < -0.39 is 0 Å². The first-order chi connectivity index (χ1) is 11.1. The molecule has 1 fully saturated rings. The molecule has 0 radical (unpaired) electrons. The molecular weight excluding hydrogens is 312 g/mol. The Bertz CT molecular complexity index is 611. The molecule has 2 heterocycles. The zero-order chi connectivity index (χ0) is 16.4. The number of esters is 1. The van der Waals surface area contributed by atoms with Crippen LogP contribution in [0.4, 0.5) is 5.00 Å². The molecule has 1 amide bonds. The topological polar surface area (TPSA) is 58.6 Å². The Morgan fingerprint density at radius 3 is 2.78 bits per heavy atom. The van der Waals surface area contributed by atoms with Gasteiger partial charge in [-0.15, -0.1) is 11.3 Å². The van der Waals surface area contributed by atoms with E-state index in [1.54, 1.807) is 11.3 Å². The van der Waals surface area contributed by atoms with Gasteiger partial charge in [-0.05, 0) is 57.7 Å². The number of methoxy groups -OCH3 is 1. The lowest BCUT2D eigenvalue weighted by Gasteiger charge is -2.28. The van der Waals surface area contributed by atoms with Crippen LogP contribution in [0.5, 0.6) is 0 Å². The molecule has 23 heavy (non-hydrogen) atoms. The van der Waals surface area contributed by atoms with E-state index in [-0.39, 0.29) is 17.8 Å². The highest BCUT2D eigenvalue weighted by Crippen LogP contribution is 2.38. The second-order valence-corrected chi connectivity index (χ2v) is 7.60. The lowest BCUT2D eigenvalue weighted by Crippen LogP contribution is -2.38. The van der Waals surface area contributed by atoms with Gasteiger partial charge in [0.25, 0.3) is 0 Å². The van der Waals surface area contributed by atoms with Gasteiger partial charge in [-0.2, -0.15) is 0 Å². The van der Waals surface area contributed by atoms with Crippen molar-refractivity contribution in [1.82, 2.24) is 4.90 Å². The number of nitrogens with zero attached hydrogens (tertiary/aromatic N) is 1. The maximum Gasteiger partial charge on any atom is 0.341 e. The van der Waals surface area contributed by atoms with Crippen molar-refractivity contribution < 1.29 is 14.3 Å². The Kier molecular flexibility index (Phi) is 5.02. The normalized spacial score (nSPS) is 21.6. The maximum absolute atomic E-state index is 12.6. The van der Waals surface area contributed by atoms with Crippen molar-refractivity contribution in [2.24, 2.45) is 5.92 Å². The monoisotopic (exact) mass is 336 g/mol. The summed E-state index contributed by atoms with van der Waals surface area (Å²) < 4.78 is 4.95. The Balaban J connectivity index is 1.83. The smallest absolute Gasteiger partial charge is 0.341 e. The van der Waals surface area contributed by atoms with Crippen LogP contribution in [-0.2, 0) is 22.4 Å².